The summed E-state index contributed by atoms with van der Waals surface area (Å²) in [7, 11) is 0. The van der Waals surface area contributed by atoms with Crippen molar-refractivity contribution in [3.63, 3.8) is 0 Å². The molecule has 5 nitrogen and oxygen atoms in total. The van der Waals surface area contributed by atoms with Crippen LogP contribution in [0, 0.1) is 29.1 Å². The minimum Gasteiger partial charge on any atom is -0.510 e. The molecule has 0 spiro atoms. The Morgan fingerprint density at radius 1 is 1.47 bits per heavy atom. The second-order valence-corrected chi connectivity index (χ2v) is 5.02. The number of esters is 1. The monoisotopic (exact) mass is 263 g/mol. The molecule has 2 rings (SSSR count). The van der Waals surface area contributed by atoms with Crippen molar-refractivity contribution in [1.29, 1.82) is 5.26 Å². The first-order chi connectivity index (χ1) is 9.11. The number of hydrogen-bond acceptors (Lipinski definition) is 5. The number of allylic oxidation sites excluding steroid dienone is 2. The Hall–Kier alpha value is -1.83. The minimum absolute atomic E-state index is 0.127. The molecule has 1 saturated carbocycles. The molecule has 19 heavy (non-hydrogen) atoms. The van der Waals surface area contributed by atoms with Crippen molar-refractivity contribution in [1.82, 2.24) is 0 Å². The third-order valence-electron chi connectivity index (χ3n) is 4.04. The highest BCUT2D eigenvalue weighted by Gasteiger charge is 2.48. The van der Waals surface area contributed by atoms with E-state index in [0.29, 0.717) is 12.8 Å². The van der Waals surface area contributed by atoms with E-state index >= 15 is 0 Å². The first-order valence-corrected chi connectivity index (χ1v) is 6.65. The molecule has 3 atom stereocenters. The molecule has 0 bridgehead atoms. The SMILES string of the molecule is CCOC(=O)[C@@H]1C(=O)C(C#N)=C(O)[C@@H]2CCCC[C@@H]12. The molecule has 0 aromatic rings. The molecule has 0 aliphatic heterocycles. The summed E-state index contributed by atoms with van der Waals surface area (Å²) < 4.78 is 4.96. The van der Waals surface area contributed by atoms with Crippen molar-refractivity contribution in [2.75, 3.05) is 6.61 Å². The van der Waals surface area contributed by atoms with E-state index in [4.69, 9.17) is 10.00 Å². The number of Topliss-reactive ketones (excluding diaryl/α,β-unsaturated/α-hetero) is 1. The standard InChI is InChI=1S/C14H17NO4/c1-2-19-14(18)11-8-5-3-4-6-9(8)12(16)10(7-15)13(11)17/h8-9,11,16H,2-6H2,1H3/t8-,9-,11+/m1/s1. The Labute approximate surface area is 111 Å². The van der Waals surface area contributed by atoms with Crippen LogP contribution in [0.1, 0.15) is 32.6 Å². The fourth-order valence-corrected chi connectivity index (χ4v) is 3.19. The highest BCUT2D eigenvalue weighted by molar-refractivity contribution is 6.11. The van der Waals surface area contributed by atoms with Gasteiger partial charge in [-0.1, -0.05) is 12.8 Å². The fourth-order valence-electron chi connectivity index (χ4n) is 3.19. The Balaban J connectivity index is 2.41. The summed E-state index contributed by atoms with van der Waals surface area (Å²) in [6, 6.07) is 1.74. The lowest BCUT2D eigenvalue weighted by Crippen LogP contribution is -2.43. The summed E-state index contributed by atoms with van der Waals surface area (Å²) in [5.74, 6) is -2.67. The van der Waals surface area contributed by atoms with E-state index in [1.165, 1.54) is 0 Å². The molecule has 0 aromatic carbocycles. The molecule has 1 N–H and O–H groups in total. The van der Waals surface area contributed by atoms with Crippen LogP contribution in [0.3, 0.4) is 0 Å². The zero-order valence-corrected chi connectivity index (χ0v) is 10.9. The van der Waals surface area contributed by atoms with E-state index in [2.05, 4.69) is 0 Å². The third kappa shape index (κ3) is 2.23. The highest BCUT2D eigenvalue weighted by atomic mass is 16.5. The van der Waals surface area contributed by atoms with Gasteiger partial charge in [-0.25, -0.2) is 0 Å². The first-order valence-electron chi connectivity index (χ1n) is 6.65. The van der Waals surface area contributed by atoms with Gasteiger partial charge in [-0.2, -0.15) is 5.26 Å². The van der Waals surface area contributed by atoms with Gasteiger partial charge < -0.3 is 9.84 Å². The number of nitriles is 1. The maximum atomic E-state index is 12.2. The summed E-state index contributed by atoms with van der Waals surface area (Å²) in [6.07, 6.45) is 3.29. The summed E-state index contributed by atoms with van der Waals surface area (Å²) in [5.41, 5.74) is -0.263. The first kappa shape index (κ1) is 13.6. The van der Waals surface area contributed by atoms with Crippen molar-refractivity contribution >= 4 is 11.8 Å². The maximum Gasteiger partial charge on any atom is 0.317 e. The molecule has 102 valence electrons. The highest BCUT2D eigenvalue weighted by Crippen LogP contribution is 2.44. The number of fused-ring (bicyclic) bond motifs is 1. The molecule has 0 saturated heterocycles. The summed E-state index contributed by atoms with van der Waals surface area (Å²) >= 11 is 0. The molecule has 2 aliphatic carbocycles. The van der Waals surface area contributed by atoms with Crippen LogP contribution in [-0.4, -0.2) is 23.5 Å². The van der Waals surface area contributed by atoms with Gasteiger partial charge in [-0.05, 0) is 25.7 Å². The quantitative estimate of drug-likeness (QED) is 0.607. The van der Waals surface area contributed by atoms with E-state index in [-0.39, 0.29) is 29.8 Å². The number of ether oxygens (including phenoxy) is 1. The van der Waals surface area contributed by atoms with Crippen LogP contribution in [0.2, 0.25) is 0 Å². The number of rotatable bonds is 2. The van der Waals surface area contributed by atoms with E-state index in [0.717, 1.165) is 12.8 Å². The minimum atomic E-state index is -0.921. The molecule has 5 heteroatoms. The Morgan fingerprint density at radius 2 is 2.16 bits per heavy atom. The van der Waals surface area contributed by atoms with Crippen LogP contribution in [0.15, 0.2) is 11.3 Å². The van der Waals surface area contributed by atoms with Crippen LogP contribution in [0.4, 0.5) is 0 Å². The smallest absolute Gasteiger partial charge is 0.317 e. The topological polar surface area (TPSA) is 87.4 Å². The van der Waals surface area contributed by atoms with E-state index in [9.17, 15) is 14.7 Å². The molecular weight excluding hydrogens is 246 g/mol. The largest absolute Gasteiger partial charge is 0.510 e. The van der Waals surface area contributed by atoms with Crippen molar-refractivity contribution in [3.05, 3.63) is 11.3 Å². The lowest BCUT2D eigenvalue weighted by molar-refractivity contribution is -0.155. The van der Waals surface area contributed by atoms with Crippen molar-refractivity contribution in [2.24, 2.45) is 17.8 Å². The van der Waals surface area contributed by atoms with Crippen LogP contribution in [0.25, 0.3) is 0 Å². The zero-order chi connectivity index (χ0) is 14.0. The van der Waals surface area contributed by atoms with Crippen LogP contribution < -0.4 is 0 Å². The number of carbonyl (C=O) groups is 2. The molecule has 0 aromatic heterocycles. The van der Waals surface area contributed by atoms with E-state index < -0.39 is 17.7 Å². The average molecular weight is 263 g/mol. The number of aliphatic hydroxyl groups excluding tert-OH is 1. The second kappa shape index (κ2) is 5.43. The van der Waals surface area contributed by atoms with Gasteiger partial charge in [-0.3, -0.25) is 9.59 Å². The molecule has 0 unspecified atom stereocenters. The van der Waals surface area contributed by atoms with E-state index in [1.807, 2.05) is 0 Å². The fraction of sp³-hybridized carbons (Fsp3) is 0.643. The van der Waals surface area contributed by atoms with Crippen LogP contribution in [-0.2, 0) is 14.3 Å². The van der Waals surface area contributed by atoms with Crippen LogP contribution >= 0.6 is 0 Å². The second-order valence-electron chi connectivity index (χ2n) is 5.02. The number of hydrogen-bond donors (Lipinski definition) is 1. The predicted octanol–water partition coefficient (Wildman–Crippen LogP) is 1.89. The van der Waals surface area contributed by atoms with Crippen molar-refractivity contribution in [2.45, 2.75) is 32.6 Å². The zero-order valence-electron chi connectivity index (χ0n) is 10.9. The Bertz CT molecular complexity index is 474. The number of ketones is 1. The lowest BCUT2D eigenvalue weighted by Gasteiger charge is -2.38. The number of nitrogens with zero attached hydrogens (tertiary/aromatic N) is 1. The van der Waals surface area contributed by atoms with Gasteiger partial charge >= 0.3 is 5.97 Å². The molecule has 2 aliphatic rings. The molecular formula is C14H17NO4. The Morgan fingerprint density at radius 3 is 2.79 bits per heavy atom. The van der Waals surface area contributed by atoms with Gasteiger partial charge in [0.2, 0.25) is 0 Å². The van der Waals surface area contributed by atoms with Gasteiger partial charge in [0, 0.05) is 5.92 Å². The average Bonchev–Trinajstić information content (AvgIpc) is 2.40. The van der Waals surface area contributed by atoms with Gasteiger partial charge in [0.15, 0.2) is 5.78 Å². The summed E-state index contributed by atoms with van der Waals surface area (Å²) in [4.78, 5) is 24.2. The van der Waals surface area contributed by atoms with Crippen molar-refractivity contribution in [3.8, 4) is 6.07 Å². The molecule has 1 fully saturated rings. The summed E-state index contributed by atoms with van der Waals surface area (Å²) in [6.45, 7) is 1.89. The molecule has 0 amide bonds. The number of carbonyl (C=O) groups excluding carboxylic acids is 2. The van der Waals surface area contributed by atoms with Gasteiger partial charge in [0.1, 0.15) is 23.3 Å². The van der Waals surface area contributed by atoms with Gasteiger partial charge in [0.05, 0.1) is 6.61 Å². The van der Waals surface area contributed by atoms with Crippen LogP contribution in [0.5, 0.6) is 0 Å². The molecule has 0 radical (unpaired) electrons. The Kier molecular flexibility index (Phi) is 3.89. The normalized spacial score (nSPS) is 30.5. The van der Waals surface area contributed by atoms with Gasteiger partial charge in [-0.15, -0.1) is 0 Å². The van der Waals surface area contributed by atoms with Crippen molar-refractivity contribution < 1.29 is 19.4 Å². The maximum absolute atomic E-state index is 12.2. The van der Waals surface area contributed by atoms with E-state index in [1.54, 1.807) is 13.0 Å². The number of aliphatic hydroxyl groups is 1. The van der Waals surface area contributed by atoms with Gasteiger partial charge in [0.25, 0.3) is 0 Å². The summed E-state index contributed by atoms with van der Waals surface area (Å²) in [5, 5.41) is 19.1. The predicted molar refractivity (Wildman–Crippen MR) is 65.8 cm³/mol. The third-order valence-corrected chi connectivity index (χ3v) is 4.04. The lowest BCUT2D eigenvalue weighted by atomic mass is 9.65. The molecule has 0 heterocycles.